The third-order valence-corrected chi connectivity index (χ3v) is 4.30. The van der Waals surface area contributed by atoms with E-state index in [9.17, 15) is 4.79 Å². The van der Waals surface area contributed by atoms with Gasteiger partial charge in [0, 0.05) is 12.3 Å². The van der Waals surface area contributed by atoms with Crippen LogP contribution in [0.15, 0.2) is 36.4 Å². The van der Waals surface area contributed by atoms with Crippen molar-refractivity contribution in [1.29, 1.82) is 0 Å². The Morgan fingerprint density at radius 2 is 1.96 bits per heavy atom. The minimum absolute atomic E-state index is 0.509. The largest absolute Gasteiger partial charge is 0.494 e. The molecule has 4 heteroatoms. The van der Waals surface area contributed by atoms with Gasteiger partial charge in [0.1, 0.15) is 5.75 Å². The van der Waals surface area contributed by atoms with Gasteiger partial charge in [-0.25, -0.2) is 0 Å². The third kappa shape index (κ3) is 5.33. The summed E-state index contributed by atoms with van der Waals surface area (Å²) < 4.78 is 11.6. The van der Waals surface area contributed by atoms with Crippen LogP contribution in [-0.4, -0.2) is 19.6 Å². The molecule has 1 amide bonds. The van der Waals surface area contributed by atoms with Crippen LogP contribution in [0, 0.1) is 12.8 Å². The zero-order chi connectivity index (χ0) is 18.9. The van der Waals surface area contributed by atoms with Crippen molar-refractivity contribution in [3.63, 3.8) is 0 Å². The SMILES string of the molecule is CCOc1cccc(-c2ccc(NC=O)cc2COCCC(C)C)c1C. The molecule has 0 spiro atoms. The van der Waals surface area contributed by atoms with Gasteiger partial charge < -0.3 is 14.8 Å². The highest BCUT2D eigenvalue weighted by Crippen LogP contribution is 2.33. The average Bonchev–Trinajstić information content (AvgIpc) is 2.61. The molecule has 0 bridgehead atoms. The van der Waals surface area contributed by atoms with Crippen LogP contribution in [0.4, 0.5) is 5.69 Å². The van der Waals surface area contributed by atoms with E-state index in [1.54, 1.807) is 0 Å². The lowest BCUT2D eigenvalue weighted by Crippen LogP contribution is -2.03. The van der Waals surface area contributed by atoms with E-state index in [2.05, 4.69) is 32.2 Å². The Morgan fingerprint density at radius 3 is 2.65 bits per heavy atom. The Morgan fingerprint density at radius 1 is 1.15 bits per heavy atom. The third-order valence-electron chi connectivity index (χ3n) is 4.30. The number of ether oxygens (including phenoxy) is 2. The van der Waals surface area contributed by atoms with Gasteiger partial charge >= 0.3 is 0 Å². The minimum atomic E-state index is 0.509. The average molecular weight is 355 g/mol. The van der Waals surface area contributed by atoms with Gasteiger partial charge in [-0.2, -0.15) is 0 Å². The summed E-state index contributed by atoms with van der Waals surface area (Å²) in [7, 11) is 0. The number of rotatable bonds is 10. The smallest absolute Gasteiger partial charge is 0.211 e. The van der Waals surface area contributed by atoms with E-state index in [1.807, 2.05) is 37.3 Å². The van der Waals surface area contributed by atoms with Crippen LogP contribution in [0.3, 0.4) is 0 Å². The fourth-order valence-electron chi connectivity index (χ4n) is 2.85. The fourth-order valence-corrected chi connectivity index (χ4v) is 2.85. The van der Waals surface area contributed by atoms with Crippen LogP contribution in [0.1, 0.15) is 38.3 Å². The first-order valence-corrected chi connectivity index (χ1v) is 9.20. The topological polar surface area (TPSA) is 47.6 Å². The minimum Gasteiger partial charge on any atom is -0.494 e. The Labute approximate surface area is 156 Å². The number of hydrogen-bond acceptors (Lipinski definition) is 3. The summed E-state index contributed by atoms with van der Waals surface area (Å²) >= 11 is 0. The highest BCUT2D eigenvalue weighted by atomic mass is 16.5. The maximum Gasteiger partial charge on any atom is 0.211 e. The molecule has 2 aromatic rings. The fraction of sp³-hybridized carbons (Fsp3) is 0.409. The first-order valence-electron chi connectivity index (χ1n) is 9.20. The Bertz CT molecular complexity index is 725. The number of carbonyl (C=O) groups excluding carboxylic acids is 1. The molecule has 2 aromatic carbocycles. The Balaban J connectivity index is 2.34. The molecule has 0 atom stereocenters. The van der Waals surface area contributed by atoms with E-state index < -0.39 is 0 Å². The quantitative estimate of drug-likeness (QED) is 0.471. The van der Waals surface area contributed by atoms with Crippen LogP contribution in [-0.2, 0) is 16.1 Å². The first-order chi connectivity index (χ1) is 12.6. The molecule has 0 aliphatic carbocycles. The van der Waals surface area contributed by atoms with Crippen LogP contribution in [0.25, 0.3) is 11.1 Å². The molecule has 0 aliphatic heterocycles. The maximum absolute atomic E-state index is 10.8. The number of anilines is 1. The van der Waals surface area contributed by atoms with Crippen molar-refractivity contribution in [1.82, 2.24) is 0 Å². The van der Waals surface area contributed by atoms with Crippen molar-refractivity contribution < 1.29 is 14.3 Å². The van der Waals surface area contributed by atoms with E-state index in [0.717, 1.165) is 46.7 Å². The van der Waals surface area contributed by atoms with E-state index >= 15 is 0 Å². The van der Waals surface area contributed by atoms with Crippen molar-refractivity contribution in [3.05, 3.63) is 47.5 Å². The standard InChI is InChI=1S/C22H29NO3/c1-5-26-22-8-6-7-20(17(22)4)21-10-9-19(23-15-24)13-18(21)14-25-12-11-16(2)3/h6-10,13,15-16H,5,11-12,14H2,1-4H3,(H,23,24). The first kappa shape index (κ1) is 20.0. The van der Waals surface area contributed by atoms with E-state index in [-0.39, 0.29) is 0 Å². The lowest BCUT2D eigenvalue weighted by Gasteiger charge is -2.16. The van der Waals surface area contributed by atoms with Gasteiger partial charge in [-0.3, -0.25) is 4.79 Å². The molecule has 0 fully saturated rings. The van der Waals surface area contributed by atoms with E-state index in [0.29, 0.717) is 25.5 Å². The summed E-state index contributed by atoms with van der Waals surface area (Å²) in [6, 6.07) is 12.0. The van der Waals surface area contributed by atoms with Crippen LogP contribution < -0.4 is 10.1 Å². The number of hydrogen-bond donors (Lipinski definition) is 1. The van der Waals surface area contributed by atoms with Crippen LogP contribution in [0.5, 0.6) is 5.75 Å². The number of benzene rings is 2. The zero-order valence-corrected chi connectivity index (χ0v) is 16.2. The summed E-state index contributed by atoms with van der Waals surface area (Å²) in [6.07, 6.45) is 1.72. The Hall–Kier alpha value is -2.33. The van der Waals surface area contributed by atoms with Crippen LogP contribution in [0.2, 0.25) is 0 Å². The number of amides is 1. The molecular formula is C22H29NO3. The molecule has 2 rings (SSSR count). The second-order valence-corrected chi connectivity index (χ2v) is 6.73. The summed E-state index contributed by atoms with van der Waals surface area (Å²) in [5.74, 6) is 1.51. The van der Waals surface area contributed by atoms with E-state index in [4.69, 9.17) is 9.47 Å². The van der Waals surface area contributed by atoms with E-state index in [1.165, 1.54) is 0 Å². The second-order valence-electron chi connectivity index (χ2n) is 6.73. The Kier molecular flexibility index (Phi) is 7.67. The summed E-state index contributed by atoms with van der Waals surface area (Å²) in [6.45, 7) is 10.3. The molecule has 0 unspecified atom stereocenters. The van der Waals surface area contributed by atoms with Gasteiger partial charge in [-0.05, 0) is 66.6 Å². The van der Waals surface area contributed by atoms with Gasteiger partial charge in [-0.1, -0.05) is 32.0 Å². The summed E-state index contributed by atoms with van der Waals surface area (Å²) in [5, 5.41) is 2.72. The van der Waals surface area contributed by atoms with Crippen molar-refractivity contribution in [3.8, 4) is 16.9 Å². The lowest BCUT2D eigenvalue weighted by molar-refractivity contribution is -0.105. The van der Waals surface area contributed by atoms with Crippen molar-refractivity contribution in [2.45, 2.75) is 40.7 Å². The highest BCUT2D eigenvalue weighted by molar-refractivity contribution is 5.78. The monoisotopic (exact) mass is 355 g/mol. The molecular weight excluding hydrogens is 326 g/mol. The molecule has 140 valence electrons. The molecule has 0 saturated carbocycles. The highest BCUT2D eigenvalue weighted by Gasteiger charge is 2.12. The van der Waals surface area contributed by atoms with Crippen molar-refractivity contribution in [2.24, 2.45) is 5.92 Å². The zero-order valence-electron chi connectivity index (χ0n) is 16.2. The molecule has 4 nitrogen and oxygen atoms in total. The van der Waals surface area contributed by atoms with Crippen molar-refractivity contribution >= 4 is 12.1 Å². The van der Waals surface area contributed by atoms with Gasteiger partial charge in [0.2, 0.25) is 6.41 Å². The van der Waals surface area contributed by atoms with Gasteiger partial charge in [0.05, 0.1) is 13.2 Å². The predicted octanol–water partition coefficient (Wildman–Crippen LogP) is 5.19. The normalized spacial score (nSPS) is 10.8. The molecule has 0 aliphatic rings. The predicted molar refractivity (Wildman–Crippen MR) is 107 cm³/mol. The lowest BCUT2D eigenvalue weighted by atomic mass is 9.95. The molecule has 0 aromatic heterocycles. The number of carbonyl (C=O) groups is 1. The second kappa shape index (κ2) is 9.97. The van der Waals surface area contributed by atoms with Gasteiger partial charge in [0.25, 0.3) is 0 Å². The van der Waals surface area contributed by atoms with Gasteiger partial charge in [-0.15, -0.1) is 0 Å². The van der Waals surface area contributed by atoms with Gasteiger partial charge in [0.15, 0.2) is 0 Å². The molecule has 0 heterocycles. The molecule has 1 N–H and O–H groups in total. The summed E-state index contributed by atoms with van der Waals surface area (Å²) in [5.41, 5.74) is 5.15. The van der Waals surface area contributed by atoms with Crippen LogP contribution >= 0.6 is 0 Å². The molecule has 26 heavy (non-hydrogen) atoms. The van der Waals surface area contributed by atoms with Crippen molar-refractivity contribution in [2.75, 3.05) is 18.5 Å². The molecule has 0 saturated heterocycles. The maximum atomic E-state index is 10.8. The molecule has 0 radical (unpaired) electrons. The summed E-state index contributed by atoms with van der Waals surface area (Å²) in [4.78, 5) is 10.8. The number of nitrogens with one attached hydrogen (secondary N) is 1.